The minimum atomic E-state index is -1.79. The number of aliphatic hydroxyl groups excluding tert-OH is 2. The minimum Gasteiger partial charge on any atom is -0.511 e. The molecule has 0 radical (unpaired) electrons. The van der Waals surface area contributed by atoms with Crippen molar-refractivity contribution in [2.45, 2.75) is 54.9 Å². The second-order valence-corrected chi connectivity index (χ2v) is 9.28. The standard InChI is InChI=1S/C25H32O8/c1-10(2)17(26)15-21(30)14(19(28)12(5)22(15)33-8)9-25(7)23(31)13(6)20(29)16(24(25)32)18(27)11(3)4/h10-11,28-31H,9H2,1-8H3/t25-/m1/s1. The Morgan fingerprint density at radius 1 is 0.939 bits per heavy atom. The van der Waals surface area contributed by atoms with Crippen LogP contribution in [0, 0.1) is 24.2 Å². The molecule has 1 aliphatic rings. The maximum Gasteiger partial charge on any atom is 0.183 e. The molecule has 2 rings (SSSR count). The van der Waals surface area contributed by atoms with Crippen LogP contribution in [0.2, 0.25) is 0 Å². The topological polar surface area (TPSA) is 141 Å². The van der Waals surface area contributed by atoms with Crippen molar-refractivity contribution in [2.24, 2.45) is 17.3 Å². The van der Waals surface area contributed by atoms with Crippen LogP contribution in [0.3, 0.4) is 0 Å². The fraction of sp³-hybridized carbons (Fsp3) is 0.480. The molecular formula is C25H32O8. The summed E-state index contributed by atoms with van der Waals surface area (Å²) in [6.45, 7) is 10.7. The highest BCUT2D eigenvalue weighted by Crippen LogP contribution is 2.49. The van der Waals surface area contributed by atoms with E-state index in [0.29, 0.717) is 0 Å². The fourth-order valence-corrected chi connectivity index (χ4v) is 4.07. The largest absolute Gasteiger partial charge is 0.511 e. The van der Waals surface area contributed by atoms with E-state index < -0.39 is 69.6 Å². The number of aliphatic hydroxyl groups is 2. The molecule has 0 aromatic heterocycles. The van der Waals surface area contributed by atoms with Gasteiger partial charge in [-0.2, -0.15) is 0 Å². The number of hydrogen-bond donors (Lipinski definition) is 4. The van der Waals surface area contributed by atoms with Crippen LogP contribution in [0.15, 0.2) is 22.7 Å². The lowest BCUT2D eigenvalue weighted by atomic mass is 9.68. The van der Waals surface area contributed by atoms with E-state index in [0.717, 1.165) is 0 Å². The number of hydrogen-bond acceptors (Lipinski definition) is 8. The van der Waals surface area contributed by atoms with E-state index in [1.807, 2.05) is 0 Å². The summed E-state index contributed by atoms with van der Waals surface area (Å²) in [7, 11) is 1.30. The molecule has 33 heavy (non-hydrogen) atoms. The van der Waals surface area contributed by atoms with Gasteiger partial charge in [0.15, 0.2) is 17.3 Å². The molecule has 0 amide bonds. The molecule has 8 nitrogen and oxygen atoms in total. The van der Waals surface area contributed by atoms with E-state index in [1.54, 1.807) is 27.7 Å². The van der Waals surface area contributed by atoms with Crippen LogP contribution in [0.25, 0.3) is 0 Å². The molecule has 180 valence electrons. The Bertz CT molecular complexity index is 1100. The molecule has 1 aromatic carbocycles. The van der Waals surface area contributed by atoms with Gasteiger partial charge in [0.2, 0.25) is 0 Å². The first-order valence-electron chi connectivity index (χ1n) is 10.7. The number of phenols is 2. The monoisotopic (exact) mass is 460 g/mol. The number of ether oxygens (including phenoxy) is 1. The molecule has 0 fully saturated rings. The van der Waals surface area contributed by atoms with Crippen molar-refractivity contribution in [3.05, 3.63) is 39.4 Å². The number of ketones is 3. The SMILES string of the molecule is COc1c(C)c(O)c(C[C@@]2(C)C(=O)C(C(=O)C(C)C)=C(O)C(C)=C2O)c(O)c1C(=O)C(C)C. The van der Waals surface area contributed by atoms with E-state index in [4.69, 9.17) is 4.74 Å². The molecule has 0 aliphatic heterocycles. The number of Topliss-reactive ketones (excluding diaryl/α,β-unsaturated/α-hetero) is 3. The summed E-state index contributed by atoms with van der Waals surface area (Å²) in [4.78, 5) is 39.0. The first kappa shape index (κ1) is 26.0. The first-order valence-corrected chi connectivity index (χ1v) is 10.7. The van der Waals surface area contributed by atoms with Crippen molar-refractivity contribution < 1.29 is 39.5 Å². The van der Waals surface area contributed by atoms with Crippen LogP contribution < -0.4 is 4.74 Å². The van der Waals surface area contributed by atoms with E-state index >= 15 is 0 Å². The highest BCUT2D eigenvalue weighted by atomic mass is 16.5. The number of allylic oxidation sites excluding steroid dienone is 3. The maximum atomic E-state index is 13.4. The molecule has 0 unspecified atom stereocenters. The number of carbonyl (C=O) groups is 3. The normalized spacial score (nSPS) is 19.0. The van der Waals surface area contributed by atoms with Crippen LogP contribution in [0.4, 0.5) is 0 Å². The summed E-state index contributed by atoms with van der Waals surface area (Å²) in [6, 6.07) is 0. The van der Waals surface area contributed by atoms with Crippen LogP contribution in [0.1, 0.15) is 63.0 Å². The highest BCUT2D eigenvalue weighted by Gasteiger charge is 2.49. The van der Waals surface area contributed by atoms with Gasteiger partial charge in [-0.25, -0.2) is 0 Å². The summed E-state index contributed by atoms with van der Waals surface area (Å²) in [6.07, 6.45) is -0.433. The third-order valence-electron chi connectivity index (χ3n) is 6.21. The lowest BCUT2D eigenvalue weighted by Crippen LogP contribution is -2.41. The molecule has 0 heterocycles. The van der Waals surface area contributed by atoms with Gasteiger partial charge in [0.05, 0.1) is 12.5 Å². The molecule has 0 saturated heterocycles. The number of rotatable bonds is 7. The molecule has 8 heteroatoms. The second kappa shape index (κ2) is 8.92. The Labute approximate surface area is 193 Å². The van der Waals surface area contributed by atoms with Gasteiger partial charge in [0, 0.05) is 28.5 Å². The molecule has 0 saturated carbocycles. The number of carbonyl (C=O) groups excluding carboxylic acids is 3. The minimum absolute atomic E-state index is 0.0109. The zero-order valence-electron chi connectivity index (χ0n) is 20.3. The zero-order chi connectivity index (χ0) is 25.6. The van der Waals surface area contributed by atoms with Crippen LogP contribution in [-0.2, 0) is 16.0 Å². The number of aromatic hydroxyl groups is 2. The average Bonchev–Trinajstić information content (AvgIpc) is 2.75. The molecule has 0 spiro atoms. The van der Waals surface area contributed by atoms with Crippen molar-refractivity contribution >= 4 is 17.3 Å². The summed E-state index contributed by atoms with van der Waals surface area (Å²) in [5, 5.41) is 43.2. The summed E-state index contributed by atoms with van der Waals surface area (Å²) >= 11 is 0. The van der Waals surface area contributed by atoms with Gasteiger partial charge in [-0.15, -0.1) is 0 Å². The molecular weight excluding hydrogens is 428 g/mol. The van der Waals surface area contributed by atoms with Gasteiger partial charge in [-0.1, -0.05) is 27.7 Å². The van der Waals surface area contributed by atoms with Gasteiger partial charge in [-0.05, 0) is 27.2 Å². The lowest BCUT2D eigenvalue weighted by molar-refractivity contribution is -0.128. The van der Waals surface area contributed by atoms with Crippen molar-refractivity contribution in [2.75, 3.05) is 7.11 Å². The van der Waals surface area contributed by atoms with E-state index in [9.17, 15) is 34.8 Å². The van der Waals surface area contributed by atoms with Crippen molar-refractivity contribution in [1.82, 2.24) is 0 Å². The van der Waals surface area contributed by atoms with E-state index in [1.165, 1.54) is 27.9 Å². The predicted molar refractivity (Wildman–Crippen MR) is 122 cm³/mol. The Morgan fingerprint density at radius 3 is 1.91 bits per heavy atom. The number of phenolic OH excluding ortho intramolecular Hbond substituents is 2. The summed E-state index contributed by atoms with van der Waals surface area (Å²) in [5.74, 6) is -5.00. The number of methoxy groups -OCH3 is 1. The molecule has 1 aromatic rings. The first-order chi connectivity index (χ1) is 15.1. The van der Waals surface area contributed by atoms with Crippen LogP contribution in [0.5, 0.6) is 17.2 Å². The summed E-state index contributed by atoms with van der Waals surface area (Å²) in [5.41, 5.74) is -2.39. The van der Waals surface area contributed by atoms with E-state index in [2.05, 4.69) is 0 Å². The Kier molecular flexibility index (Phi) is 7.02. The second-order valence-electron chi connectivity index (χ2n) is 9.28. The predicted octanol–water partition coefficient (Wildman–Crippen LogP) is 4.25. The van der Waals surface area contributed by atoms with Gasteiger partial charge in [0.1, 0.15) is 39.9 Å². The van der Waals surface area contributed by atoms with Gasteiger partial charge < -0.3 is 25.2 Å². The summed E-state index contributed by atoms with van der Waals surface area (Å²) < 4.78 is 5.28. The van der Waals surface area contributed by atoms with Gasteiger partial charge in [-0.3, -0.25) is 14.4 Å². The Hall–Kier alpha value is -3.29. The van der Waals surface area contributed by atoms with Crippen molar-refractivity contribution in [3.8, 4) is 17.2 Å². The van der Waals surface area contributed by atoms with Crippen molar-refractivity contribution in [1.29, 1.82) is 0 Å². The molecule has 4 N–H and O–H groups in total. The zero-order valence-corrected chi connectivity index (χ0v) is 20.3. The molecule has 0 bridgehead atoms. The average molecular weight is 461 g/mol. The third kappa shape index (κ3) is 3.98. The van der Waals surface area contributed by atoms with Crippen LogP contribution >= 0.6 is 0 Å². The smallest absolute Gasteiger partial charge is 0.183 e. The molecule has 1 aliphatic carbocycles. The maximum absolute atomic E-state index is 13.4. The van der Waals surface area contributed by atoms with E-state index in [-0.39, 0.29) is 28.0 Å². The van der Waals surface area contributed by atoms with Gasteiger partial charge in [0.25, 0.3) is 0 Å². The number of benzene rings is 1. The third-order valence-corrected chi connectivity index (χ3v) is 6.21. The lowest BCUT2D eigenvalue weighted by Gasteiger charge is -2.34. The Balaban J connectivity index is 2.80. The van der Waals surface area contributed by atoms with Crippen LogP contribution in [-0.4, -0.2) is 44.9 Å². The fourth-order valence-electron chi connectivity index (χ4n) is 4.07. The van der Waals surface area contributed by atoms with Gasteiger partial charge >= 0.3 is 0 Å². The Morgan fingerprint density at radius 2 is 1.45 bits per heavy atom. The van der Waals surface area contributed by atoms with Crippen molar-refractivity contribution in [3.63, 3.8) is 0 Å². The highest BCUT2D eigenvalue weighted by molar-refractivity contribution is 6.24. The molecule has 1 atom stereocenters. The quantitative estimate of drug-likeness (QED) is 0.349.